The van der Waals surface area contributed by atoms with Crippen LogP contribution < -0.4 is 14.8 Å². The molecule has 0 fully saturated rings. The summed E-state index contributed by atoms with van der Waals surface area (Å²) in [4.78, 5) is 11.9. The normalized spacial score (nSPS) is 10.5. The van der Waals surface area contributed by atoms with E-state index in [4.69, 9.17) is 9.47 Å². The summed E-state index contributed by atoms with van der Waals surface area (Å²) in [5, 5.41) is 2.81. The molecule has 1 amide bonds. The molecule has 0 spiro atoms. The number of hydrogen-bond acceptors (Lipinski definition) is 3. The molecule has 0 radical (unpaired) electrons. The fraction of sp³-hybridized carbons (Fsp3) is 0.211. The number of rotatable bonds is 7. The molecule has 0 saturated heterocycles. The van der Waals surface area contributed by atoms with Crippen LogP contribution in [0, 0.1) is 0 Å². The monoisotopic (exact) mass is 311 g/mol. The van der Waals surface area contributed by atoms with Gasteiger partial charge in [-0.2, -0.15) is 0 Å². The maximum absolute atomic E-state index is 11.9. The topological polar surface area (TPSA) is 47.6 Å². The van der Waals surface area contributed by atoms with Crippen LogP contribution in [0.4, 0.5) is 5.69 Å². The van der Waals surface area contributed by atoms with Crippen LogP contribution in [-0.2, 0) is 4.79 Å². The molecule has 4 nitrogen and oxygen atoms in total. The zero-order valence-electron chi connectivity index (χ0n) is 13.4. The fourth-order valence-corrected chi connectivity index (χ4v) is 1.93. The second kappa shape index (κ2) is 8.63. The zero-order chi connectivity index (χ0) is 16.5. The van der Waals surface area contributed by atoms with Crippen LogP contribution in [0.3, 0.4) is 0 Å². The van der Waals surface area contributed by atoms with E-state index in [9.17, 15) is 4.79 Å². The van der Waals surface area contributed by atoms with Crippen molar-refractivity contribution in [2.45, 2.75) is 13.3 Å². The Bertz CT molecular complexity index is 645. The number of methoxy groups -OCH3 is 1. The van der Waals surface area contributed by atoms with Gasteiger partial charge in [0.25, 0.3) is 0 Å². The summed E-state index contributed by atoms with van der Waals surface area (Å²) in [6, 6.07) is 14.8. The lowest BCUT2D eigenvalue weighted by atomic mass is 10.2. The lowest BCUT2D eigenvalue weighted by Crippen LogP contribution is -2.07. The maximum atomic E-state index is 11.9. The highest BCUT2D eigenvalue weighted by molar-refractivity contribution is 6.01. The molecule has 0 heterocycles. The van der Waals surface area contributed by atoms with E-state index >= 15 is 0 Å². The summed E-state index contributed by atoms with van der Waals surface area (Å²) < 4.78 is 10.6. The highest BCUT2D eigenvalue weighted by atomic mass is 16.5. The van der Waals surface area contributed by atoms with Gasteiger partial charge in [0.2, 0.25) is 5.91 Å². The van der Waals surface area contributed by atoms with Gasteiger partial charge in [-0.25, -0.2) is 0 Å². The van der Waals surface area contributed by atoms with Gasteiger partial charge < -0.3 is 14.8 Å². The zero-order valence-corrected chi connectivity index (χ0v) is 13.4. The molecule has 0 bridgehead atoms. The predicted octanol–water partition coefficient (Wildman–Crippen LogP) is 4.14. The number of nitrogens with one attached hydrogen (secondary N) is 1. The lowest BCUT2D eigenvalue weighted by molar-refractivity contribution is -0.111. The first kappa shape index (κ1) is 16.6. The summed E-state index contributed by atoms with van der Waals surface area (Å²) in [5.41, 5.74) is 1.67. The molecule has 2 aromatic rings. The van der Waals surface area contributed by atoms with Crippen molar-refractivity contribution in [3.8, 4) is 11.5 Å². The van der Waals surface area contributed by atoms with E-state index in [-0.39, 0.29) is 5.91 Å². The molecular weight excluding hydrogens is 290 g/mol. The average Bonchev–Trinajstić information content (AvgIpc) is 2.60. The van der Waals surface area contributed by atoms with Crippen molar-refractivity contribution in [2.75, 3.05) is 19.0 Å². The van der Waals surface area contributed by atoms with E-state index in [0.717, 1.165) is 29.2 Å². The summed E-state index contributed by atoms with van der Waals surface area (Å²) in [6.45, 7) is 2.75. The van der Waals surface area contributed by atoms with Crippen LogP contribution >= 0.6 is 0 Å². The molecule has 1 N–H and O–H groups in total. The first-order chi connectivity index (χ1) is 11.2. The van der Waals surface area contributed by atoms with Gasteiger partial charge >= 0.3 is 0 Å². The summed E-state index contributed by atoms with van der Waals surface area (Å²) in [5.74, 6) is 1.42. The Morgan fingerprint density at radius 3 is 2.30 bits per heavy atom. The van der Waals surface area contributed by atoms with Gasteiger partial charge in [0, 0.05) is 11.8 Å². The second-order valence-corrected chi connectivity index (χ2v) is 4.97. The number of carbonyl (C=O) groups excluding carboxylic acids is 1. The standard InChI is InChI=1S/C19H21NO3/c1-3-14-23-18-11-7-16(8-12-18)20-19(21)13-6-15-4-9-17(22-2)10-5-15/h4-13H,3,14H2,1-2H3,(H,20,21)/b13-6+. The molecule has 0 atom stereocenters. The second-order valence-electron chi connectivity index (χ2n) is 4.97. The third-order valence-corrected chi connectivity index (χ3v) is 3.14. The van der Waals surface area contributed by atoms with E-state index in [2.05, 4.69) is 12.2 Å². The molecule has 0 aromatic heterocycles. The smallest absolute Gasteiger partial charge is 0.248 e. The Morgan fingerprint density at radius 2 is 1.70 bits per heavy atom. The van der Waals surface area contributed by atoms with Crippen LogP contribution in [0.2, 0.25) is 0 Å². The van der Waals surface area contributed by atoms with Crippen molar-refractivity contribution in [1.82, 2.24) is 0 Å². The predicted molar refractivity (Wildman–Crippen MR) is 92.9 cm³/mol. The van der Waals surface area contributed by atoms with Crippen molar-refractivity contribution in [3.05, 3.63) is 60.2 Å². The van der Waals surface area contributed by atoms with Crippen molar-refractivity contribution in [1.29, 1.82) is 0 Å². The third-order valence-electron chi connectivity index (χ3n) is 3.14. The van der Waals surface area contributed by atoms with Gasteiger partial charge in [-0.15, -0.1) is 0 Å². The third kappa shape index (κ3) is 5.51. The van der Waals surface area contributed by atoms with Crippen LogP contribution in [0.25, 0.3) is 6.08 Å². The first-order valence-electron chi connectivity index (χ1n) is 7.57. The van der Waals surface area contributed by atoms with E-state index in [1.165, 1.54) is 6.08 Å². The quantitative estimate of drug-likeness (QED) is 0.782. The van der Waals surface area contributed by atoms with Crippen molar-refractivity contribution < 1.29 is 14.3 Å². The van der Waals surface area contributed by atoms with Crippen LogP contribution in [0.1, 0.15) is 18.9 Å². The highest BCUT2D eigenvalue weighted by Crippen LogP contribution is 2.16. The SMILES string of the molecule is CCCOc1ccc(NC(=O)/C=C/c2ccc(OC)cc2)cc1. The molecule has 0 saturated carbocycles. The van der Waals surface area contributed by atoms with E-state index in [1.54, 1.807) is 13.2 Å². The summed E-state index contributed by atoms with van der Waals surface area (Å²) >= 11 is 0. The number of ether oxygens (including phenoxy) is 2. The summed E-state index contributed by atoms with van der Waals surface area (Å²) in [6.07, 6.45) is 4.23. The molecule has 23 heavy (non-hydrogen) atoms. The summed E-state index contributed by atoms with van der Waals surface area (Å²) in [7, 11) is 1.62. The van der Waals surface area contributed by atoms with Gasteiger partial charge in [0.1, 0.15) is 11.5 Å². The molecule has 0 aliphatic heterocycles. The molecule has 120 valence electrons. The van der Waals surface area contributed by atoms with Crippen LogP contribution in [0.5, 0.6) is 11.5 Å². The molecule has 0 aliphatic carbocycles. The van der Waals surface area contributed by atoms with Crippen LogP contribution in [0.15, 0.2) is 54.6 Å². The van der Waals surface area contributed by atoms with Gasteiger partial charge in [-0.05, 0) is 54.5 Å². The fourth-order valence-electron chi connectivity index (χ4n) is 1.93. The maximum Gasteiger partial charge on any atom is 0.248 e. The van der Waals surface area contributed by atoms with Gasteiger partial charge in [0.05, 0.1) is 13.7 Å². The number of anilines is 1. The molecular formula is C19H21NO3. The van der Waals surface area contributed by atoms with Gasteiger partial charge in [-0.3, -0.25) is 4.79 Å². The van der Waals surface area contributed by atoms with Crippen molar-refractivity contribution >= 4 is 17.7 Å². The van der Waals surface area contributed by atoms with Crippen LogP contribution in [-0.4, -0.2) is 19.6 Å². The molecule has 4 heteroatoms. The minimum absolute atomic E-state index is 0.178. The van der Waals surface area contributed by atoms with Gasteiger partial charge in [-0.1, -0.05) is 19.1 Å². The molecule has 0 aliphatic rings. The lowest BCUT2D eigenvalue weighted by Gasteiger charge is -2.06. The number of hydrogen-bond donors (Lipinski definition) is 1. The molecule has 2 aromatic carbocycles. The Morgan fingerprint density at radius 1 is 1.04 bits per heavy atom. The van der Waals surface area contributed by atoms with E-state index in [0.29, 0.717) is 6.61 Å². The average molecular weight is 311 g/mol. The minimum Gasteiger partial charge on any atom is -0.497 e. The number of amides is 1. The number of benzene rings is 2. The van der Waals surface area contributed by atoms with E-state index in [1.807, 2.05) is 48.5 Å². The van der Waals surface area contributed by atoms with Gasteiger partial charge in [0.15, 0.2) is 0 Å². The minimum atomic E-state index is -0.178. The highest BCUT2D eigenvalue weighted by Gasteiger charge is 1.99. The Hall–Kier alpha value is -2.75. The first-order valence-corrected chi connectivity index (χ1v) is 7.57. The Kier molecular flexibility index (Phi) is 6.24. The number of carbonyl (C=O) groups is 1. The molecule has 0 unspecified atom stereocenters. The Balaban J connectivity index is 1.89. The van der Waals surface area contributed by atoms with E-state index < -0.39 is 0 Å². The van der Waals surface area contributed by atoms with Crippen molar-refractivity contribution in [2.24, 2.45) is 0 Å². The van der Waals surface area contributed by atoms with Crippen molar-refractivity contribution in [3.63, 3.8) is 0 Å². The Labute approximate surface area is 136 Å². The largest absolute Gasteiger partial charge is 0.497 e. The molecule has 2 rings (SSSR count).